The van der Waals surface area contributed by atoms with Crippen LogP contribution in [0.4, 0.5) is 5.69 Å². The lowest BCUT2D eigenvalue weighted by molar-refractivity contribution is -0.385. The number of nitrogens with one attached hydrogen (secondary N) is 1. The molecule has 1 aromatic carbocycles. The second-order valence-electron chi connectivity index (χ2n) is 3.90. The minimum absolute atomic E-state index is 0.158. The van der Waals surface area contributed by atoms with Crippen molar-refractivity contribution in [3.63, 3.8) is 0 Å². The van der Waals surface area contributed by atoms with Crippen molar-refractivity contribution in [2.45, 2.75) is 25.9 Å². The lowest BCUT2D eigenvalue weighted by Gasteiger charge is -2.09. The Kier molecular flexibility index (Phi) is 5.59. The number of nitrogens with zero attached hydrogens (tertiary/aromatic N) is 1. The van der Waals surface area contributed by atoms with Crippen LogP contribution in [-0.2, 0) is 6.42 Å². The van der Waals surface area contributed by atoms with Gasteiger partial charge in [0.1, 0.15) is 0 Å². The van der Waals surface area contributed by atoms with Crippen LogP contribution < -0.4 is 5.32 Å². The van der Waals surface area contributed by atoms with Crippen molar-refractivity contribution >= 4 is 5.69 Å². The third kappa shape index (κ3) is 4.50. The number of nitro groups is 1. The van der Waals surface area contributed by atoms with Crippen LogP contribution in [0, 0.1) is 10.1 Å². The van der Waals surface area contributed by atoms with E-state index in [1.807, 2.05) is 6.92 Å². The fourth-order valence-corrected chi connectivity index (χ4v) is 1.54. The lowest BCUT2D eigenvalue weighted by atomic mass is 10.1. The first-order valence-electron chi connectivity index (χ1n) is 5.76. The highest BCUT2D eigenvalue weighted by Crippen LogP contribution is 2.17. The summed E-state index contributed by atoms with van der Waals surface area (Å²) >= 11 is 0. The maximum atomic E-state index is 10.8. The summed E-state index contributed by atoms with van der Waals surface area (Å²) in [6, 6.07) is 6.73. The van der Waals surface area contributed by atoms with E-state index in [0.29, 0.717) is 25.9 Å². The van der Waals surface area contributed by atoms with Gasteiger partial charge in [0.05, 0.1) is 11.0 Å². The first kappa shape index (κ1) is 13.6. The van der Waals surface area contributed by atoms with Gasteiger partial charge in [0, 0.05) is 18.2 Å². The quantitative estimate of drug-likeness (QED) is 0.429. The lowest BCUT2D eigenvalue weighted by Crippen LogP contribution is -2.27. The first-order valence-corrected chi connectivity index (χ1v) is 5.76. The molecule has 0 aliphatic carbocycles. The zero-order valence-electron chi connectivity index (χ0n) is 9.93. The van der Waals surface area contributed by atoms with E-state index in [4.69, 9.17) is 0 Å². The summed E-state index contributed by atoms with van der Waals surface area (Å²) in [5.41, 5.74) is 0.876. The molecule has 0 saturated carbocycles. The molecule has 0 aliphatic rings. The van der Waals surface area contributed by atoms with Crippen molar-refractivity contribution in [2.75, 3.05) is 13.1 Å². The molecule has 1 unspecified atom stereocenters. The molecule has 1 rings (SSSR count). The highest BCUT2D eigenvalue weighted by molar-refractivity contribution is 5.39. The molecule has 2 N–H and O–H groups in total. The molecular weight excluding hydrogens is 220 g/mol. The molecule has 5 heteroatoms. The van der Waals surface area contributed by atoms with Crippen LogP contribution in [0.3, 0.4) is 0 Å². The van der Waals surface area contributed by atoms with Gasteiger partial charge in [0.15, 0.2) is 0 Å². The Balaban J connectivity index is 2.44. The van der Waals surface area contributed by atoms with E-state index in [2.05, 4.69) is 5.32 Å². The van der Waals surface area contributed by atoms with Crippen LogP contribution in [0.1, 0.15) is 18.9 Å². The Labute approximate surface area is 101 Å². The smallest absolute Gasteiger partial charge is 0.272 e. The van der Waals surface area contributed by atoms with Crippen LogP contribution in [0.2, 0.25) is 0 Å². The van der Waals surface area contributed by atoms with E-state index in [9.17, 15) is 15.2 Å². The largest absolute Gasteiger partial charge is 0.392 e. The number of para-hydroxylation sites is 1. The van der Waals surface area contributed by atoms with Crippen molar-refractivity contribution in [3.8, 4) is 0 Å². The maximum absolute atomic E-state index is 10.8. The van der Waals surface area contributed by atoms with E-state index in [-0.39, 0.29) is 16.7 Å². The van der Waals surface area contributed by atoms with E-state index in [1.54, 1.807) is 18.2 Å². The van der Waals surface area contributed by atoms with Gasteiger partial charge in [-0.15, -0.1) is 0 Å². The fraction of sp³-hybridized carbons (Fsp3) is 0.500. The minimum Gasteiger partial charge on any atom is -0.392 e. The highest BCUT2D eigenvalue weighted by atomic mass is 16.6. The molecular formula is C12H18N2O3. The molecule has 0 bridgehead atoms. The van der Waals surface area contributed by atoms with Gasteiger partial charge in [0.2, 0.25) is 0 Å². The number of rotatable bonds is 7. The Morgan fingerprint density at radius 1 is 1.47 bits per heavy atom. The predicted octanol–water partition coefficient (Wildman–Crippen LogP) is 1.50. The molecule has 0 saturated heterocycles. The van der Waals surface area contributed by atoms with Gasteiger partial charge in [-0.05, 0) is 19.4 Å². The zero-order valence-corrected chi connectivity index (χ0v) is 9.93. The average molecular weight is 238 g/mol. The zero-order chi connectivity index (χ0) is 12.7. The third-order valence-electron chi connectivity index (χ3n) is 2.61. The third-order valence-corrected chi connectivity index (χ3v) is 2.61. The number of nitro benzene ring substituents is 1. The van der Waals surface area contributed by atoms with Gasteiger partial charge in [-0.25, -0.2) is 0 Å². The maximum Gasteiger partial charge on any atom is 0.272 e. The number of hydrogen-bond acceptors (Lipinski definition) is 4. The molecule has 0 amide bonds. The Hall–Kier alpha value is -1.46. The van der Waals surface area contributed by atoms with Gasteiger partial charge < -0.3 is 10.4 Å². The molecule has 5 nitrogen and oxygen atoms in total. The Morgan fingerprint density at radius 2 is 2.18 bits per heavy atom. The molecule has 1 atom stereocenters. The van der Waals surface area contributed by atoms with Gasteiger partial charge in [-0.1, -0.05) is 25.1 Å². The first-order chi connectivity index (χ1) is 8.15. The minimum atomic E-state index is -0.365. The van der Waals surface area contributed by atoms with Crippen molar-refractivity contribution in [1.82, 2.24) is 5.32 Å². The second-order valence-corrected chi connectivity index (χ2v) is 3.90. The van der Waals surface area contributed by atoms with Crippen molar-refractivity contribution < 1.29 is 10.0 Å². The number of aliphatic hydroxyl groups is 1. The highest BCUT2D eigenvalue weighted by Gasteiger charge is 2.11. The Morgan fingerprint density at radius 3 is 2.82 bits per heavy atom. The molecule has 0 radical (unpaired) electrons. The van der Waals surface area contributed by atoms with E-state index in [1.165, 1.54) is 6.07 Å². The Bertz CT molecular complexity index is 369. The van der Waals surface area contributed by atoms with Gasteiger partial charge in [0.25, 0.3) is 5.69 Å². The average Bonchev–Trinajstić information content (AvgIpc) is 2.34. The topological polar surface area (TPSA) is 75.4 Å². The summed E-state index contributed by atoms with van der Waals surface area (Å²) in [5.74, 6) is 0. The SMILES string of the molecule is CCC(O)CNCCc1ccccc1[N+](=O)[O-]. The molecule has 1 aromatic rings. The van der Waals surface area contributed by atoms with Crippen LogP contribution in [-0.4, -0.2) is 29.2 Å². The number of aliphatic hydroxyl groups excluding tert-OH is 1. The van der Waals surface area contributed by atoms with Crippen LogP contribution in [0.25, 0.3) is 0 Å². The van der Waals surface area contributed by atoms with E-state index in [0.717, 1.165) is 5.56 Å². The normalized spacial score (nSPS) is 12.4. The molecule has 0 spiro atoms. The van der Waals surface area contributed by atoms with Crippen molar-refractivity contribution in [3.05, 3.63) is 39.9 Å². The van der Waals surface area contributed by atoms with Crippen LogP contribution in [0.15, 0.2) is 24.3 Å². The molecule has 0 heterocycles. The van der Waals surface area contributed by atoms with E-state index >= 15 is 0 Å². The molecule has 0 aliphatic heterocycles. The van der Waals surface area contributed by atoms with Crippen LogP contribution >= 0.6 is 0 Å². The molecule has 94 valence electrons. The van der Waals surface area contributed by atoms with Crippen molar-refractivity contribution in [1.29, 1.82) is 0 Å². The molecule has 0 fully saturated rings. The second kappa shape index (κ2) is 6.98. The fourth-order valence-electron chi connectivity index (χ4n) is 1.54. The summed E-state index contributed by atoms with van der Waals surface area (Å²) in [6.07, 6.45) is 0.951. The van der Waals surface area contributed by atoms with E-state index < -0.39 is 0 Å². The molecule has 0 aromatic heterocycles. The predicted molar refractivity (Wildman–Crippen MR) is 66.0 cm³/mol. The van der Waals surface area contributed by atoms with Crippen LogP contribution in [0.5, 0.6) is 0 Å². The van der Waals surface area contributed by atoms with Gasteiger partial charge in [-0.2, -0.15) is 0 Å². The van der Waals surface area contributed by atoms with Gasteiger partial charge in [-0.3, -0.25) is 10.1 Å². The monoisotopic (exact) mass is 238 g/mol. The summed E-state index contributed by atoms with van der Waals surface area (Å²) < 4.78 is 0. The summed E-state index contributed by atoms with van der Waals surface area (Å²) in [4.78, 5) is 10.4. The number of benzene rings is 1. The van der Waals surface area contributed by atoms with Gasteiger partial charge >= 0.3 is 0 Å². The number of hydrogen-bond donors (Lipinski definition) is 2. The summed E-state index contributed by atoms with van der Waals surface area (Å²) in [6.45, 7) is 3.06. The summed E-state index contributed by atoms with van der Waals surface area (Å²) in [5, 5.41) is 23.2. The van der Waals surface area contributed by atoms with Crippen molar-refractivity contribution in [2.24, 2.45) is 0 Å². The standard InChI is InChI=1S/C12H18N2O3/c1-2-11(15)9-13-8-7-10-5-3-4-6-12(10)14(16)17/h3-6,11,13,15H,2,7-9H2,1H3. The molecule has 17 heavy (non-hydrogen) atoms. The summed E-state index contributed by atoms with van der Waals surface area (Å²) in [7, 11) is 0.